The van der Waals surface area contributed by atoms with Crippen molar-refractivity contribution in [2.75, 3.05) is 5.32 Å². The van der Waals surface area contributed by atoms with E-state index in [4.69, 9.17) is 9.84 Å². The van der Waals surface area contributed by atoms with Gasteiger partial charge in [0.2, 0.25) is 0 Å². The lowest BCUT2D eigenvalue weighted by Crippen LogP contribution is -2.05. The van der Waals surface area contributed by atoms with Gasteiger partial charge in [-0.15, -0.1) is 0 Å². The maximum absolute atomic E-state index is 13.3. The molecule has 0 unspecified atom stereocenters. The predicted octanol–water partition coefficient (Wildman–Crippen LogP) is 4.05. The number of benzene rings is 2. The first kappa shape index (κ1) is 14.8. The van der Waals surface area contributed by atoms with Gasteiger partial charge in [-0.05, 0) is 56.3 Å². The summed E-state index contributed by atoms with van der Waals surface area (Å²) in [4.78, 5) is 10.9. The Morgan fingerprint density at radius 2 is 1.76 bits per heavy atom. The number of carbonyl (C=O) groups is 1. The smallest absolute Gasteiger partial charge is 0.338 e. The highest BCUT2D eigenvalue weighted by molar-refractivity contribution is 5.89. The van der Waals surface area contributed by atoms with Crippen LogP contribution in [-0.4, -0.2) is 17.2 Å². The molecular weight excluding hydrogens is 273 g/mol. The Hall–Kier alpha value is -2.56. The van der Waals surface area contributed by atoms with Crippen molar-refractivity contribution in [1.82, 2.24) is 0 Å². The van der Waals surface area contributed by atoms with Crippen LogP contribution in [0.5, 0.6) is 5.75 Å². The first-order valence-corrected chi connectivity index (χ1v) is 6.52. The van der Waals surface area contributed by atoms with Gasteiger partial charge in [0.05, 0.1) is 11.7 Å². The third kappa shape index (κ3) is 3.95. The minimum absolute atomic E-state index is 0.0963. The Morgan fingerprint density at radius 1 is 1.14 bits per heavy atom. The molecule has 2 aromatic carbocycles. The van der Waals surface area contributed by atoms with Gasteiger partial charge in [0.1, 0.15) is 11.6 Å². The zero-order valence-corrected chi connectivity index (χ0v) is 11.8. The normalized spacial score (nSPS) is 10.5. The van der Waals surface area contributed by atoms with Crippen LogP contribution in [0.2, 0.25) is 0 Å². The van der Waals surface area contributed by atoms with E-state index in [0.717, 1.165) is 17.5 Å². The van der Waals surface area contributed by atoms with Crippen molar-refractivity contribution in [2.24, 2.45) is 0 Å². The van der Waals surface area contributed by atoms with Gasteiger partial charge in [0.25, 0.3) is 0 Å². The monoisotopic (exact) mass is 289 g/mol. The third-order valence-electron chi connectivity index (χ3n) is 2.71. The van der Waals surface area contributed by atoms with Crippen LogP contribution >= 0.6 is 0 Å². The molecule has 4 nitrogen and oxygen atoms in total. The van der Waals surface area contributed by atoms with E-state index in [1.165, 1.54) is 12.1 Å². The summed E-state index contributed by atoms with van der Waals surface area (Å²) in [6.45, 7) is 3.89. The van der Waals surface area contributed by atoms with Crippen LogP contribution in [0.25, 0.3) is 0 Å². The highest BCUT2D eigenvalue weighted by atomic mass is 19.1. The number of nitrogens with one attached hydrogen (secondary N) is 1. The number of aromatic carboxylic acids is 1. The zero-order chi connectivity index (χ0) is 15.4. The molecule has 0 bridgehead atoms. The Morgan fingerprint density at radius 3 is 2.33 bits per heavy atom. The summed E-state index contributed by atoms with van der Waals surface area (Å²) in [6.07, 6.45) is 0.0963. The summed E-state index contributed by atoms with van der Waals surface area (Å²) in [5.41, 5.74) is 0.903. The lowest BCUT2D eigenvalue weighted by Gasteiger charge is -2.11. The van der Waals surface area contributed by atoms with Crippen LogP contribution < -0.4 is 10.1 Å². The van der Waals surface area contributed by atoms with Crippen LogP contribution in [0.15, 0.2) is 42.5 Å². The van der Waals surface area contributed by atoms with Gasteiger partial charge in [0, 0.05) is 11.4 Å². The summed E-state index contributed by atoms with van der Waals surface area (Å²) in [5, 5.41) is 11.9. The number of carboxylic acid groups (broad SMARTS) is 1. The number of hydrogen-bond acceptors (Lipinski definition) is 3. The quantitative estimate of drug-likeness (QED) is 0.871. The fourth-order valence-corrected chi connectivity index (χ4v) is 1.82. The molecule has 2 rings (SSSR count). The van der Waals surface area contributed by atoms with Crippen LogP contribution in [-0.2, 0) is 0 Å². The molecule has 0 radical (unpaired) electrons. The average molecular weight is 289 g/mol. The topological polar surface area (TPSA) is 58.6 Å². The van der Waals surface area contributed by atoms with Crippen LogP contribution in [0.1, 0.15) is 24.2 Å². The molecule has 0 saturated heterocycles. The Bertz CT molecular complexity index is 638. The van der Waals surface area contributed by atoms with Crippen molar-refractivity contribution in [1.29, 1.82) is 0 Å². The number of carboxylic acids is 1. The molecule has 2 aromatic rings. The Kier molecular flexibility index (Phi) is 4.42. The van der Waals surface area contributed by atoms with Crippen molar-refractivity contribution in [2.45, 2.75) is 20.0 Å². The minimum atomic E-state index is -1.29. The fraction of sp³-hybridized carbons (Fsp3) is 0.188. The zero-order valence-electron chi connectivity index (χ0n) is 11.8. The molecule has 2 N–H and O–H groups in total. The molecule has 21 heavy (non-hydrogen) atoms. The summed E-state index contributed by atoms with van der Waals surface area (Å²) >= 11 is 0. The van der Waals surface area contributed by atoms with Crippen LogP contribution in [0.3, 0.4) is 0 Å². The van der Waals surface area contributed by atoms with Gasteiger partial charge >= 0.3 is 5.97 Å². The summed E-state index contributed by atoms with van der Waals surface area (Å²) in [7, 11) is 0. The van der Waals surface area contributed by atoms with Crippen LogP contribution in [0.4, 0.5) is 15.8 Å². The summed E-state index contributed by atoms with van der Waals surface area (Å²) < 4.78 is 18.8. The van der Waals surface area contributed by atoms with Gasteiger partial charge in [-0.2, -0.15) is 0 Å². The molecule has 0 aliphatic heterocycles. The van der Waals surface area contributed by atoms with Gasteiger partial charge in [0.15, 0.2) is 0 Å². The fourth-order valence-electron chi connectivity index (χ4n) is 1.82. The van der Waals surface area contributed by atoms with E-state index in [1.807, 2.05) is 38.1 Å². The van der Waals surface area contributed by atoms with Crippen molar-refractivity contribution in [3.05, 3.63) is 53.8 Å². The number of rotatable bonds is 5. The Balaban J connectivity index is 2.14. The molecule has 0 saturated carbocycles. The number of halogens is 1. The lowest BCUT2D eigenvalue weighted by atomic mass is 10.2. The van der Waals surface area contributed by atoms with E-state index in [1.54, 1.807) is 0 Å². The average Bonchev–Trinajstić information content (AvgIpc) is 2.42. The van der Waals surface area contributed by atoms with Gasteiger partial charge in [-0.1, -0.05) is 0 Å². The maximum Gasteiger partial charge on any atom is 0.338 e. The number of anilines is 2. The molecule has 0 fully saturated rings. The third-order valence-corrected chi connectivity index (χ3v) is 2.71. The highest BCUT2D eigenvalue weighted by Gasteiger charge is 2.10. The van der Waals surface area contributed by atoms with E-state index >= 15 is 0 Å². The first-order chi connectivity index (χ1) is 9.95. The number of hydrogen-bond donors (Lipinski definition) is 2. The van der Waals surface area contributed by atoms with Crippen molar-refractivity contribution in [3.8, 4) is 5.75 Å². The second-order valence-corrected chi connectivity index (χ2v) is 4.82. The van der Waals surface area contributed by atoms with Gasteiger partial charge < -0.3 is 15.2 Å². The predicted molar refractivity (Wildman–Crippen MR) is 78.8 cm³/mol. The van der Waals surface area contributed by atoms with Crippen LogP contribution in [0, 0.1) is 5.82 Å². The van der Waals surface area contributed by atoms with Crippen molar-refractivity contribution >= 4 is 17.3 Å². The summed E-state index contributed by atoms with van der Waals surface area (Å²) in [5.74, 6) is -1.30. The molecule has 0 spiro atoms. The van der Waals surface area contributed by atoms with E-state index in [-0.39, 0.29) is 11.7 Å². The summed E-state index contributed by atoms with van der Waals surface area (Å²) in [6, 6.07) is 11.1. The minimum Gasteiger partial charge on any atom is -0.491 e. The first-order valence-electron chi connectivity index (χ1n) is 6.52. The van der Waals surface area contributed by atoms with E-state index in [9.17, 15) is 9.18 Å². The molecular formula is C16H16FNO3. The van der Waals surface area contributed by atoms with Gasteiger partial charge in [-0.25, -0.2) is 9.18 Å². The molecule has 0 amide bonds. The second kappa shape index (κ2) is 6.26. The van der Waals surface area contributed by atoms with E-state index in [0.29, 0.717) is 5.69 Å². The van der Waals surface area contributed by atoms with Gasteiger partial charge in [-0.3, -0.25) is 0 Å². The Labute approximate surface area is 122 Å². The standard InChI is InChI=1S/C16H16FNO3/c1-10(2)21-13-6-3-11(4-7-13)18-12-5-8-15(17)14(9-12)16(19)20/h3-10,18H,1-2H3,(H,19,20). The maximum atomic E-state index is 13.3. The molecule has 110 valence electrons. The highest BCUT2D eigenvalue weighted by Crippen LogP contribution is 2.22. The van der Waals surface area contributed by atoms with Crippen molar-refractivity contribution < 1.29 is 19.0 Å². The largest absolute Gasteiger partial charge is 0.491 e. The molecule has 0 aliphatic carbocycles. The second-order valence-electron chi connectivity index (χ2n) is 4.82. The molecule has 0 heterocycles. The lowest BCUT2D eigenvalue weighted by molar-refractivity contribution is 0.0692. The molecule has 0 aliphatic rings. The molecule has 0 atom stereocenters. The SMILES string of the molecule is CC(C)Oc1ccc(Nc2ccc(F)c(C(=O)O)c2)cc1. The molecule has 5 heteroatoms. The van der Waals surface area contributed by atoms with E-state index < -0.39 is 11.8 Å². The molecule has 0 aromatic heterocycles. The van der Waals surface area contributed by atoms with Crippen molar-refractivity contribution in [3.63, 3.8) is 0 Å². The number of ether oxygens (including phenoxy) is 1. The van der Waals surface area contributed by atoms with E-state index in [2.05, 4.69) is 5.32 Å².